The number of nitrogens with zero attached hydrogens (tertiary/aromatic N) is 1. The first-order valence-corrected chi connectivity index (χ1v) is 11.6. The van der Waals surface area contributed by atoms with Crippen LogP contribution in [0.3, 0.4) is 0 Å². The molecule has 31 heavy (non-hydrogen) atoms. The van der Waals surface area contributed by atoms with Crippen LogP contribution in [0.1, 0.15) is 19.4 Å². The van der Waals surface area contributed by atoms with Crippen molar-refractivity contribution in [3.63, 3.8) is 0 Å². The van der Waals surface area contributed by atoms with Crippen LogP contribution in [-0.4, -0.2) is 31.9 Å². The van der Waals surface area contributed by atoms with Crippen LogP contribution in [-0.2, 0) is 16.1 Å². The molecule has 0 atom stereocenters. The Balaban J connectivity index is 0.00000132. The zero-order valence-corrected chi connectivity index (χ0v) is 18.9. The lowest BCUT2D eigenvalue weighted by atomic mass is 10.1. The first-order chi connectivity index (χ1) is 15.1. The molecule has 2 aromatic rings. The van der Waals surface area contributed by atoms with E-state index in [1.54, 1.807) is 30.0 Å². The summed E-state index contributed by atoms with van der Waals surface area (Å²) in [7, 11) is 0. The van der Waals surface area contributed by atoms with E-state index in [-0.39, 0.29) is 11.7 Å². The van der Waals surface area contributed by atoms with Crippen LogP contribution in [0.15, 0.2) is 76.7 Å². The average molecular weight is 442 g/mol. The summed E-state index contributed by atoms with van der Waals surface area (Å²) >= 11 is 1.69. The summed E-state index contributed by atoms with van der Waals surface area (Å²) in [4.78, 5) is 15.8. The minimum absolute atomic E-state index is 0.125. The number of halogens is 1. The Bertz CT molecular complexity index is 956. The molecule has 7 heteroatoms. The number of anilines is 1. The second-order valence-corrected chi connectivity index (χ2v) is 7.62. The van der Waals surface area contributed by atoms with Gasteiger partial charge in [-0.1, -0.05) is 26.0 Å². The fourth-order valence-electron chi connectivity index (χ4n) is 3.31. The summed E-state index contributed by atoms with van der Waals surface area (Å²) in [5.41, 5.74) is 2.55. The lowest BCUT2D eigenvalue weighted by Gasteiger charge is -2.35. The lowest BCUT2D eigenvalue weighted by molar-refractivity contribution is -0.117. The fraction of sp³-hybridized carbons (Fsp3) is 0.292. The number of allylic oxidation sites excluding steroid dienone is 1. The topological polar surface area (TPSA) is 53.6 Å². The standard InChI is InChI=1S/C22H22FN3O2S.C2H6/c1-29-19-8-2-15(3-9-19)13-25-22(27)16-12-20-21(24-14-16)26(10-11-28-20)18-6-4-17(23)5-7-18;1-2/h2-9,12,24H,10-11,13-14H2,1H3,(H,25,27);1-2H3. The number of rotatable bonds is 5. The first-order valence-electron chi connectivity index (χ1n) is 10.4. The number of thioether (sulfide) groups is 1. The minimum atomic E-state index is -0.269. The fourth-order valence-corrected chi connectivity index (χ4v) is 3.71. The van der Waals surface area contributed by atoms with Crippen molar-refractivity contribution >= 4 is 23.4 Å². The van der Waals surface area contributed by atoms with E-state index in [0.717, 1.165) is 17.1 Å². The van der Waals surface area contributed by atoms with Crippen LogP contribution in [0.2, 0.25) is 0 Å². The normalized spacial score (nSPS) is 15.0. The molecule has 0 spiro atoms. The molecule has 2 N–H and O–H groups in total. The Hall–Kier alpha value is -2.93. The average Bonchev–Trinajstić information content (AvgIpc) is 2.84. The van der Waals surface area contributed by atoms with E-state index in [9.17, 15) is 9.18 Å². The number of hydrogen-bond donors (Lipinski definition) is 2. The van der Waals surface area contributed by atoms with Gasteiger partial charge in [-0.3, -0.25) is 4.79 Å². The minimum Gasteiger partial charge on any atom is -0.488 e. The van der Waals surface area contributed by atoms with Crippen molar-refractivity contribution in [1.29, 1.82) is 0 Å². The first kappa shape index (κ1) is 22.7. The number of carbonyl (C=O) groups is 1. The van der Waals surface area contributed by atoms with Gasteiger partial charge in [-0.15, -0.1) is 11.8 Å². The van der Waals surface area contributed by atoms with Crippen LogP contribution >= 0.6 is 11.8 Å². The van der Waals surface area contributed by atoms with E-state index in [1.165, 1.54) is 17.0 Å². The molecule has 2 aliphatic rings. The van der Waals surface area contributed by atoms with Gasteiger partial charge in [0.05, 0.1) is 6.54 Å². The smallest absolute Gasteiger partial charge is 0.249 e. The third-order valence-electron chi connectivity index (χ3n) is 4.87. The number of dihydropyridines is 1. The van der Waals surface area contributed by atoms with Gasteiger partial charge in [0.1, 0.15) is 18.2 Å². The molecule has 0 bridgehead atoms. The van der Waals surface area contributed by atoms with E-state index in [0.29, 0.717) is 37.6 Å². The quantitative estimate of drug-likeness (QED) is 0.673. The number of ether oxygens (including phenoxy) is 1. The number of carbonyl (C=O) groups excluding carboxylic acids is 1. The van der Waals surface area contributed by atoms with Gasteiger partial charge in [-0.05, 0) is 54.3 Å². The monoisotopic (exact) mass is 441 g/mol. The van der Waals surface area contributed by atoms with Gasteiger partial charge in [0.15, 0.2) is 5.76 Å². The Morgan fingerprint density at radius 2 is 1.87 bits per heavy atom. The molecule has 2 aliphatic heterocycles. The molecule has 5 nitrogen and oxygen atoms in total. The van der Waals surface area contributed by atoms with Crippen LogP contribution < -0.4 is 15.5 Å². The third kappa shape index (κ3) is 5.61. The molecule has 1 amide bonds. The summed E-state index contributed by atoms with van der Waals surface area (Å²) in [5.74, 6) is 1.03. The molecule has 0 aromatic heterocycles. The van der Waals surface area contributed by atoms with Crippen molar-refractivity contribution in [2.45, 2.75) is 25.3 Å². The number of nitrogens with one attached hydrogen (secondary N) is 2. The molecule has 4 rings (SSSR count). The highest BCUT2D eigenvalue weighted by molar-refractivity contribution is 7.98. The van der Waals surface area contributed by atoms with E-state index >= 15 is 0 Å². The van der Waals surface area contributed by atoms with Gasteiger partial charge >= 0.3 is 0 Å². The molecule has 164 valence electrons. The van der Waals surface area contributed by atoms with Gasteiger partial charge in [0.25, 0.3) is 0 Å². The zero-order chi connectivity index (χ0) is 22.2. The summed E-state index contributed by atoms with van der Waals surface area (Å²) in [6.45, 7) is 6.01. The number of amides is 1. The Labute approximate surface area is 187 Å². The Kier molecular flexibility index (Phi) is 8.00. The molecular weight excluding hydrogens is 413 g/mol. The predicted molar refractivity (Wildman–Crippen MR) is 124 cm³/mol. The van der Waals surface area contributed by atoms with Crippen molar-refractivity contribution in [3.05, 3.63) is 83.1 Å². The Morgan fingerprint density at radius 3 is 2.55 bits per heavy atom. The third-order valence-corrected chi connectivity index (χ3v) is 5.61. The van der Waals surface area contributed by atoms with Crippen LogP contribution in [0, 0.1) is 5.82 Å². The van der Waals surface area contributed by atoms with Crippen molar-refractivity contribution in [2.75, 3.05) is 30.9 Å². The second kappa shape index (κ2) is 10.9. The Morgan fingerprint density at radius 1 is 1.16 bits per heavy atom. The largest absolute Gasteiger partial charge is 0.488 e. The van der Waals surface area contributed by atoms with Crippen molar-refractivity contribution in [1.82, 2.24) is 10.6 Å². The van der Waals surface area contributed by atoms with Gasteiger partial charge in [0, 0.05) is 29.2 Å². The SMILES string of the molecule is CC.CSc1ccc(CNC(=O)C2=CC3=C(NC2)N(c2ccc(F)cc2)CCO3)cc1. The van der Waals surface area contributed by atoms with Crippen LogP contribution in [0.25, 0.3) is 0 Å². The van der Waals surface area contributed by atoms with Gasteiger partial charge in [-0.25, -0.2) is 4.39 Å². The molecule has 0 saturated heterocycles. The zero-order valence-electron chi connectivity index (χ0n) is 18.1. The van der Waals surface area contributed by atoms with E-state index in [1.807, 2.05) is 49.3 Å². The summed E-state index contributed by atoms with van der Waals surface area (Å²) in [6.07, 6.45) is 3.82. The molecule has 2 heterocycles. The number of benzene rings is 2. The predicted octanol–water partition coefficient (Wildman–Crippen LogP) is 4.43. The van der Waals surface area contributed by atoms with Crippen molar-refractivity contribution in [3.8, 4) is 0 Å². The van der Waals surface area contributed by atoms with Crippen molar-refractivity contribution in [2.24, 2.45) is 0 Å². The van der Waals surface area contributed by atoms with E-state index in [4.69, 9.17) is 4.74 Å². The molecule has 0 saturated carbocycles. The summed E-state index contributed by atoms with van der Waals surface area (Å²) < 4.78 is 19.0. The molecule has 0 unspecified atom stereocenters. The summed E-state index contributed by atoms with van der Waals surface area (Å²) in [6, 6.07) is 14.5. The molecule has 0 fully saturated rings. The molecular formula is C24H28FN3O2S. The van der Waals surface area contributed by atoms with Gasteiger partial charge in [0.2, 0.25) is 5.91 Å². The number of hydrogen-bond acceptors (Lipinski definition) is 5. The molecule has 0 aliphatic carbocycles. The van der Waals surface area contributed by atoms with Gasteiger partial charge < -0.3 is 20.3 Å². The lowest BCUT2D eigenvalue weighted by Crippen LogP contribution is -2.43. The second-order valence-electron chi connectivity index (χ2n) is 6.74. The highest BCUT2D eigenvalue weighted by atomic mass is 32.2. The van der Waals surface area contributed by atoms with Crippen LogP contribution in [0.4, 0.5) is 10.1 Å². The summed E-state index contributed by atoms with van der Waals surface area (Å²) in [5, 5.41) is 6.25. The van der Waals surface area contributed by atoms with Crippen molar-refractivity contribution < 1.29 is 13.9 Å². The van der Waals surface area contributed by atoms with Gasteiger partial charge in [-0.2, -0.15) is 0 Å². The van der Waals surface area contributed by atoms with Crippen LogP contribution in [0.5, 0.6) is 0 Å². The maximum absolute atomic E-state index is 13.2. The van der Waals surface area contributed by atoms with E-state index in [2.05, 4.69) is 10.6 Å². The highest BCUT2D eigenvalue weighted by Gasteiger charge is 2.27. The molecule has 0 radical (unpaired) electrons. The maximum Gasteiger partial charge on any atom is 0.249 e. The van der Waals surface area contributed by atoms with E-state index < -0.39 is 0 Å². The molecule has 2 aromatic carbocycles. The highest BCUT2D eigenvalue weighted by Crippen LogP contribution is 2.27. The maximum atomic E-state index is 13.2.